The number of rotatable bonds is 6. The van der Waals surface area contributed by atoms with Crippen LogP contribution in [0.3, 0.4) is 0 Å². The van der Waals surface area contributed by atoms with Crippen molar-refractivity contribution in [3.63, 3.8) is 0 Å². The van der Waals surface area contributed by atoms with Crippen molar-refractivity contribution < 1.29 is 23.8 Å². The van der Waals surface area contributed by atoms with Gasteiger partial charge in [-0.1, -0.05) is 42.5 Å². The number of anilines is 1. The Labute approximate surface area is 205 Å². The Morgan fingerprint density at radius 3 is 2.49 bits per heavy atom. The zero-order valence-corrected chi connectivity index (χ0v) is 20.6. The Morgan fingerprint density at radius 1 is 1.09 bits per heavy atom. The molecule has 35 heavy (non-hydrogen) atoms. The molecular weight excluding hydrogens is 444 g/mol. The molecule has 0 saturated heterocycles. The predicted molar refractivity (Wildman–Crippen MR) is 137 cm³/mol. The lowest BCUT2D eigenvalue weighted by Gasteiger charge is -2.37. The first kappa shape index (κ1) is 24.3. The summed E-state index contributed by atoms with van der Waals surface area (Å²) in [6, 6.07) is 16.9. The lowest BCUT2D eigenvalue weighted by atomic mass is 9.85. The molecule has 0 aliphatic carbocycles. The summed E-state index contributed by atoms with van der Waals surface area (Å²) in [5.41, 5.74) is 1.87. The Kier molecular flexibility index (Phi) is 7.05. The van der Waals surface area contributed by atoms with E-state index in [0.29, 0.717) is 22.7 Å². The fourth-order valence-electron chi connectivity index (χ4n) is 4.61. The van der Waals surface area contributed by atoms with Crippen LogP contribution in [0.5, 0.6) is 11.5 Å². The average molecular weight is 475 g/mol. The van der Waals surface area contributed by atoms with Gasteiger partial charge >= 0.3 is 6.09 Å². The minimum Gasteiger partial charge on any atom is -0.493 e. The molecule has 3 unspecified atom stereocenters. The zero-order chi connectivity index (χ0) is 25.1. The van der Waals surface area contributed by atoms with Crippen LogP contribution in [0, 0.1) is 5.92 Å². The number of benzene rings is 3. The fraction of sp³-hybridized carbons (Fsp3) is 0.321. The van der Waals surface area contributed by atoms with Gasteiger partial charge in [0.1, 0.15) is 0 Å². The Bertz CT molecular complexity index is 1280. The van der Waals surface area contributed by atoms with Crippen molar-refractivity contribution in [2.75, 3.05) is 25.7 Å². The van der Waals surface area contributed by atoms with Crippen LogP contribution in [0.25, 0.3) is 10.8 Å². The van der Waals surface area contributed by atoms with Crippen LogP contribution < -0.4 is 14.4 Å². The number of carbonyl (C=O) groups is 2. The highest BCUT2D eigenvalue weighted by Gasteiger charge is 2.41. The maximum atomic E-state index is 13.6. The van der Waals surface area contributed by atoms with Crippen LogP contribution in [0.1, 0.15) is 42.7 Å². The van der Waals surface area contributed by atoms with Crippen molar-refractivity contribution in [1.29, 1.82) is 0 Å². The molecule has 3 aromatic carbocycles. The minimum absolute atomic E-state index is 0.136. The number of hydrogen-bond donors (Lipinski definition) is 0. The zero-order valence-electron chi connectivity index (χ0n) is 20.6. The number of Topliss-reactive ketones (excluding diaryl/α,β-unsaturated/α-hetero) is 1. The van der Waals surface area contributed by atoms with Gasteiger partial charge in [0.2, 0.25) is 0 Å². The molecule has 1 amide bonds. The summed E-state index contributed by atoms with van der Waals surface area (Å²) in [5.74, 6) is 0.0559. The first-order valence-electron chi connectivity index (χ1n) is 11.7. The van der Waals surface area contributed by atoms with E-state index in [2.05, 4.69) is 18.2 Å². The van der Waals surface area contributed by atoms with E-state index in [1.165, 1.54) is 19.1 Å². The van der Waals surface area contributed by atoms with Gasteiger partial charge in [-0.25, -0.2) is 4.79 Å². The van der Waals surface area contributed by atoms with Gasteiger partial charge in [-0.15, -0.1) is 0 Å². The Morgan fingerprint density at radius 2 is 1.77 bits per heavy atom. The average Bonchev–Trinajstić information content (AvgIpc) is 2.87. The maximum Gasteiger partial charge on any atom is 0.414 e. The van der Waals surface area contributed by atoms with Gasteiger partial charge in [-0.2, -0.15) is 0 Å². The molecule has 1 heterocycles. The van der Waals surface area contributed by atoms with E-state index in [1.54, 1.807) is 25.3 Å². The van der Waals surface area contributed by atoms with Crippen molar-refractivity contribution in [3.05, 3.63) is 65.7 Å². The van der Waals surface area contributed by atoms with Crippen LogP contribution in [0.15, 0.2) is 59.6 Å². The van der Waals surface area contributed by atoms with E-state index < -0.39 is 18.1 Å². The molecule has 0 radical (unpaired) electrons. The standard InChI is InChI=1S/C28H30N2O5/c1-6-35-28(32)30-18(3)23(27(31)22-14-25(33-4)26(34-5)15-24(22)30)16-29-17(2)20-13-9-11-19-10-7-8-12-21(19)20/h7-18,23H,6H2,1-5H3. The second kappa shape index (κ2) is 10.2. The number of ether oxygens (including phenoxy) is 3. The van der Waals surface area contributed by atoms with Gasteiger partial charge in [0, 0.05) is 17.8 Å². The lowest BCUT2D eigenvalue weighted by molar-refractivity contribution is 0.0932. The van der Waals surface area contributed by atoms with Gasteiger partial charge in [-0.05, 0) is 43.2 Å². The van der Waals surface area contributed by atoms with Gasteiger partial charge in [0.15, 0.2) is 17.3 Å². The molecule has 0 spiro atoms. The van der Waals surface area contributed by atoms with Crippen LogP contribution in [-0.2, 0) is 4.74 Å². The number of carbonyl (C=O) groups excluding carboxylic acids is 2. The number of ketones is 1. The topological polar surface area (TPSA) is 77.4 Å². The normalized spacial score (nSPS) is 18.4. The number of fused-ring (bicyclic) bond motifs is 2. The van der Waals surface area contributed by atoms with Crippen molar-refractivity contribution in [2.24, 2.45) is 10.9 Å². The molecule has 4 rings (SSSR count). The third-order valence-corrected chi connectivity index (χ3v) is 6.46. The monoisotopic (exact) mass is 474 g/mol. The van der Waals surface area contributed by atoms with Crippen LogP contribution >= 0.6 is 0 Å². The third-order valence-electron chi connectivity index (χ3n) is 6.46. The van der Waals surface area contributed by atoms with E-state index in [0.717, 1.165) is 16.3 Å². The molecule has 0 saturated carbocycles. The van der Waals surface area contributed by atoms with Crippen LogP contribution in [0.2, 0.25) is 0 Å². The van der Waals surface area contributed by atoms with Crippen molar-refractivity contribution in [1.82, 2.24) is 0 Å². The SMILES string of the molecule is CCOC(=O)N1c2cc(OC)c(OC)cc2C(=O)C(C=NC(C)c2cccc3ccccc23)C1C. The molecule has 3 atom stereocenters. The molecule has 1 aliphatic rings. The summed E-state index contributed by atoms with van der Waals surface area (Å²) in [7, 11) is 3.02. The fourth-order valence-corrected chi connectivity index (χ4v) is 4.61. The summed E-state index contributed by atoms with van der Waals surface area (Å²) in [6.07, 6.45) is 1.15. The van der Waals surface area contributed by atoms with Crippen molar-refractivity contribution >= 4 is 34.6 Å². The summed E-state index contributed by atoms with van der Waals surface area (Å²) >= 11 is 0. The van der Waals surface area contributed by atoms with Gasteiger partial charge < -0.3 is 14.2 Å². The van der Waals surface area contributed by atoms with E-state index >= 15 is 0 Å². The number of amides is 1. The molecule has 7 heteroatoms. The van der Waals surface area contributed by atoms with Gasteiger partial charge in [0.05, 0.1) is 44.5 Å². The highest BCUT2D eigenvalue weighted by Crippen LogP contribution is 2.41. The molecule has 0 bridgehead atoms. The Hall–Kier alpha value is -3.87. The molecular formula is C28H30N2O5. The van der Waals surface area contributed by atoms with Gasteiger partial charge in [0.25, 0.3) is 0 Å². The number of nitrogens with zero attached hydrogens (tertiary/aromatic N) is 2. The highest BCUT2D eigenvalue weighted by molar-refractivity contribution is 6.15. The first-order valence-corrected chi connectivity index (χ1v) is 11.7. The quantitative estimate of drug-likeness (QED) is 0.419. The molecule has 7 nitrogen and oxygen atoms in total. The third kappa shape index (κ3) is 4.46. The largest absolute Gasteiger partial charge is 0.493 e. The molecule has 0 N–H and O–H groups in total. The molecule has 0 aromatic heterocycles. The smallest absolute Gasteiger partial charge is 0.414 e. The summed E-state index contributed by atoms with van der Waals surface area (Å²) in [4.78, 5) is 32.9. The molecule has 1 aliphatic heterocycles. The number of aliphatic imine (C=N–C) groups is 1. The van der Waals surface area contributed by atoms with Crippen molar-refractivity contribution in [3.8, 4) is 11.5 Å². The number of methoxy groups -OCH3 is 2. The number of hydrogen-bond acceptors (Lipinski definition) is 6. The van der Waals surface area contributed by atoms with E-state index in [-0.39, 0.29) is 18.4 Å². The van der Waals surface area contributed by atoms with Crippen molar-refractivity contribution in [2.45, 2.75) is 32.9 Å². The predicted octanol–water partition coefficient (Wildman–Crippen LogP) is 5.85. The summed E-state index contributed by atoms with van der Waals surface area (Å²) in [5, 5.41) is 2.26. The van der Waals surface area contributed by atoms with Crippen LogP contribution in [0.4, 0.5) is 10.5 Å². The molecule has 3 aromatic rings. The summed E-state index contributed by atoms with van der Waals surface area (Å²) in [6.45, 7) is 5.79. The summed E-state index contributed by atoms with van der Waals surface area (Å²) < 4.78 is 16.1. The lowest BCUT2D eigenvalue weighted by Crippen LogP contribution is -2.50. The minimum atomic E-state index is -0.651. The Balaban J connectivity index is 1.74. The second-order valence-electron chi connectivity index (χ2n) is 8.47. The van der Waals surface area contributed by atoms with E-state index in [9.17, 15) is 9.59 Å². The first-order chi connectivity index (χ1) is 16.9. The van der Waals surface area contributed by atoms with E-state index in [4.69, 9.17) is 19.2 Å². The highest BCUT2D eigenvalue weighted by atomic mass is 16.6. The van der Waals surface area contributed by atoms with Gasteiger partial charge in [-0.3, -0.25) is 14.7 Å². The molecule has 0 fully saturated rings. The molecule has 182 valence electrons. The van der Waals surface area contributed by atoms with E-state index in [1.807, 2.05) is 38.1 Å². The maximum absolute atomic E-state index is 13.6. The second-order valence-corrected chi connectivity index (χ2v) is 8.47. The van der Waals surface area contributed by atoms with Crippen LogP contribution in [-0.4, -0.2) is 45.0 Å².